The summed E-state index contributed by atoms with van der Waals surface area (Å²) in [6.07, 6.45) is 2.80. The van der Waals surface area contributed by atoms with Crippen molar-refractivity contribution in [2.45, 2.75) is 26.2 Å². The molecule has 0 saturated heterocycles. The lowest BCUT2D eigenvalue weighted by Crippen LogP contribution is -2.29. The first-order valence-electron chi connectivity index (χ1n) is 11.1. The number of non-ortho nitro benzene ring substituents is 1. The van der Waals surface area contributed by atoms with Gasteiger partial charge in [0, 0.05) is 12.1 Å². The van der Waals surface area contributed by atoms with Gasteiger partial charge in [-0.05, 0) is 61.0 Å². The molecular formula is C26H22N2O7. The lowest BCUT2D eigenvalue weighted by Gasteiger charge is -2.14. The summed E-state index contributed by atoms with van der Waals surface area (Å²) in [4.78, 5) is 49.4. The molecule has 0 radical (unpaired) electrons. The Balaban J connectivity index is 1.47. The maximum absolute atomic E-state index is 13.0. The van der Waals surface area contributed by atoms with Crippen molar-refractivity contribution >= 4 is 29.2 Å². The van der Waals surface area contributed by atoms with Crippen LogP contribution >= 0.6 is 0 Å². The number of imide groups is 1. The third kappa shape index (κ3) is 5.03. The van der Waals surface area contributed by atoms with Crippen molar-refractivity contribution in [3.8, 4) is 11.5 Å². The normalized spacial score (nSPS) is 12.4. The molecule has 0 unspecified atom stereocenters. The molecule has 0 atom stereocenters. The van der Waals surface area contributed by atoms with Crippen LogP contribution in [0.2, 0.25) is 0 Å². The number of hydrogen-bond donors (Lipinski definition) is 0. The Kier molecular flexibility index (Phi) is 6.86. The number of esters is 1. The van der Waals surface area contributed by atoms with Crippen LogP contribution in [0.5, 0.6) is 11.5 Å². The minimum Gasteiger partial charge on any atom is -0.462 e. The van der Waals surface area contributed by atoms with Gasteiger partial charge in [-0.1, -0.05) is 19.8 Å². The van der Waals surface area contributed by atoms with Crippen LogP contribution < -0.4 is 9.64 Å². The van der Waals surface area contributed by atoms with E-state index < -0.39 is 22.7 Å². The third-order valence-corrected chi connectivity index (χ3v) is 5.48. The molecule has 0 N–H and O–H groups in total. The summed E-state index contributed by atoms with van der Waals surface area (Å²) < 4.78 is 10.9. The molecule has 0 fully saturated rings. The van der Waals surface area contributed by atoms with E-state index in [0.717, 1.165) is 24.2 Å². The topological polar surface area (TPSA) is 116 Å². The van der Waals surface area contributed by atoms with E-state index in [1.54, 1.807) is 6.07 Å². The highest BCUT2D eigenvalue weighted by Crippen LogP contribution is 2.33. The Morgan fingerprint density at radius 1 is 0.886 bits per heavy atom. The second-order valence-electron chi connectivity index (χ2n) is 7.90. The third-order valence-electron chi connectivity index (χ3n) is 5.48. The van der Waals surface area contributed by atoms with E-state index in [-0.39, 0.29) is 16.8 Å². The molecule has 35 heavy (non-hydrogen) atoms. The number of benzene rings is 3. The SMILES string of the molecule is CCCCCOC(=O)c1ccc(N2C(=O)c3ccc(Oc4ccc([N+](=O)[O-])cc4)cc3C2=O)cc1. The van der Waals surface area contributed by atoms with Crippen molar-refractivity contribution in [2.75, 3.05) is 11.5 Å². The molecule has 0 aliphatic carbocycles. The summed E-state index contributed by atoms with van der Waals surface area (Å²) in [5.74, 6) is -0.804. The van der Waals surface area contributed by atoms with Crippen molar-refractivity contribution in [1.29, 1.82) is 0 Å². The summed E-state index contributed by atoms with van der Waals surface area (Å²) in [6.45, 7) is 2.41. The number of anilines is 1. The lowest BCUT2D eigenvalue weighted by molar-refractivity contribution is -0.384. The number of amides is 2. The Labute approximate surface area is 201 Å². The van der Waals surface area contributed by atoms with Gasteiger partial charge < -0.3 is 9.47 Å². The zero-order valence-electron chi connectivity index (χ0n) is 18.9. The van der Waals surface area contributed by atoms with Gasteiger partial charge in [0.2, 0.25) is 0 Å². The number of nitro groups is 1. The number of carbonyl (C=O) groups is 3. The predicted octanol–water partition coefficient (Wildman–Crippen LogP) is 5.53. The Hall–Kier alpha value is -4.53. The first kappa shape index (κ1) is 23.6. The molecule has 1 heterocycles. The van der Waals surface area contributed by atoms with Crippen LogP contribution in [-0.4, -0.2) is 29.3 Å². The van der Waals surface area contributed by atoms with Crippen molar-refractivity contribution < 1.29 is 28.8 Å². The highest BCUT2D eigenvalue weighted by atomic mass is 16.6. The number of unbranched alkanes of at least 4 members (excludes halogenated alkanes) is 2. The van der Waals surface area contributed by atoms with Crippen molar-refractivity contribution in [2.24, 2.45) is 0 Å². The van der Waals surface area contributed by atoms with Gasteiger partial charge in [0.15, 0.2) is 0 Å². The Morgan fingerprint density at radius 2 is 1.54 bits per heavy atom. The minimum atomic E-state index is -0.519. The maximum Gasteiger partial charge on any atom is 0.338 e. The molecule has 9 nitrogen and oxygen atoms in total. The van der Waals surface area contributed by atoms with E-state index >= 15 is 0 Å². The number of carbonyl (C=O) groups excluding carboxylic acids is 3. The molecule has 2 amide bonds. The van der Waals surface area contributed by atoms with Crippen LogP contribution in [0.15, 0.2) is 66.7 Å². The number of nitrogens with zero attached hydrogens (tertiary/aromatic N) is 2. The van der Waals surface area contributed by atoms with E-state index in [2.05, 4.69) is 6.92 Å². The minimum absolute atomic E-state index is 0.0708. The van der Waals surface area contributed by atoms with Crippen LogP contribution in [0.4, 0.5) is 11.4 Å². The van der Waals surface area contributed by atoms with Gasteiger partial charge in [-0.2, -0.15) is 0 Å². The molecule has 9 heteroatoms. The van der Waals surface area contributed by atoms with Crippen molar-refractivity contribution in [3.05, 3.63) is 93.5 Å². The van der Waals surface area contributed by atoms with Crippen molar-refractivity contribution in [1.82, 2.24) is 0 Å². The summed E-state index contributed by atoms with van der Waals surface area (Å²) in [7, 11) is 0. The van der Waals surface area contributed by atoms with E-state index in [4.69, 9.17) is 9.47 Å². The molecule has 0 bridgehead atoms. The van der Waals surface area contributed by atoms with Crippen LogP contribution in [0.25, 0.3) is 0 Å². The number of ether oxygens (including phenoxy) is 2. The fourth-order valence-corrected chi connectivity index (χ4v) is 3.64. The van der Waals surface area contributed by atoms with Gasteiger partial charge in [-0.25, -0.2) is 9.69 Å². The number of hydrogen-bond acceptors (Lipinski definition) is 7. The highest BCUT2D eigenvalue weighted by Gasteiger charge is 2.37. The van der Waals surface area contributed by atoms with Crippen LogP contribution in [0.1, 0.15) is 57.3 Å². The number of nitro benzene ring substituents is 1. The fourth-order valence-electron chi connectivity index (χ4n) is 3.64. The second kappa shape index (κ2) is 10.2. The summed E-state index contributed by atoms with van der Waals surface area (Å²) >= 11 is 0. The zero-order valence-corrected chi connectivity index (χ0v) is 18.9. The quantitative estimate of drug-likeness (QED) is 0.131. The van der Waals surface area contributed by atoms with Gasteiger partial charge in [-0.3, -0.25) is 19.7 Å². The molecule has 3 aromatic carbocycles. The average molecular weight is 474 g/mol. The zero-order chi connectivity index (χ0) is 24.9. The Morgan fingerprint density at radius 3 is 2.20 bits per heavy atom. The summed E-state index contributed by atoms with van der Waals surface area (Å²) in [6, 6.07) is 16.1. The molecule has 4 rings (SSSR count). The van der Waals surface area contributed by atoms with E-state index in [0.29, 0.717) is 29.4 Å². The largest absolute Gasteiger partial charge is 0.462 e. The maximum atomic E-state index is 13.0. The molecule has 3 aromatic rings. The standard InChI is InChI=1S/C26H22N2O7/c1-2-3-4-15-34-26(31)17-5-7-18(8-6-17)27-24(29)22-14-13-21(16-23(22)25(27)30)35-20-11-9-19(10-12-20)28(32)33/h5-14,16H,2-4,15H2,1H3. The lowest BCUT2D eigenvalue weighted by atomic mass is 10.1. The van der Waals surface area contributed by atoms with Gasteiger partial charge in [0.1, 0.15) is 11.5 Å². The molecule has 0 saturated carbocycles. The van der Waals surface area contributed by atoms with Gasteiger partial charge in [-0.15, -0.1) is 0 Å². The smallest absolute Gasteiger partial charge is 0.338 e. The molecule has 0 spiro atoms. The van der Waals surface area contributed by atoms with Gasteiger partial charge in [0.05, 0.1) is 33.9 Å². The van der Waals surface area contributed by atoms with Crippen LogP contribution in [0.3, 0.4) is 0 Å². The fraction of sp³-hybridized carbons (Fsp3) is 0.192. The molecule has 0 aromatic heterocycles. The summed E-state index contributed by atoms with van der Waals surface area (Å²) in [5, 5.41) is 10.8. The molecule has 1 aliphatic rings. The second-order valence-corrected chi connectivity index (χ2v) is 7.90. The van der Waals surface area contributed by atoms with E-state index in [9.17, 15) is 24.5 Å². The van der Waals surface area contributed by atoms with Crippen LogP contribution in [-0.2, 0) is 4.74 Å². The number of fused-ring (bicyclic) bond motifs is 1. The average Bonchev–Trinajstić information content (AvgIpc) is 3.11. The van der Waals surface area contributed by atoms with Crippen molar-refractivity contribution in [3.63, 3.8) is 0 Å². The molecular weight excluding hydrogens is 452 g/mol. The van der Waals surface area contributed by atoms with Gasteiger partial charge in [0.25, 0.3) is 17.5 Å². The number of rotatable bonds is 9. The first-order valence-corrected chi connectivity index (χ1v) is 11.1. The van der Waals surface area contributed by atoms with Crippen LogP contribution in [0, 0.1) is 10.1 Å². The monoisotopic (exact) mass is 474 g/mol. The summed E-state index contributed by atoms with van der Waals surface area (Å²) in [5.41, 5.74) is 0.995. The van der Waals surface area contributed by atoms with E-state index in [1.165, 1.54) is 60.7 Å². The molecule has 178 valence electrons. The predicted molar refractivity (Wildman–Crippen MR) is 127 cm³/mol. The van der Waals surface area contributed by atoms with Gasteiger partial charge >= 0.3 is 5.97 Å². The first-order chi connectivity index (χ1) is 16.9. The Bertz CT molecular complexity index is 1280. The van der Waals surface area contributed by atoms with E-state index in [1.807, 2.05) is 0 Å². The molecule has 1 aliphatic heterocycles. The highest BCUT2D eigenvalue weighted by molar-refractivity contribution is 6.34.